The molecule has 0 aromatic heterocycles. The van der Waals surface area contributed by atoms with Gasteiger partial charge in [-0.15, -0.1) is 5.06 Å². The Balaban J connectivity index is 1.32. The van der Waals surface area contributed by atoms with Crippen molar-refractivity contribution in [3.63, 3.8) is 0 Å². The number of hydrogen-bond donors (Lipinski definition) is 0. The molecular weight excluding hydrogens is 514 g/mol. The molecule has 0 aliphatic carbocycles. The van der Waals surface area contributed by atoms with Gasteiger partial charge in [0.1, 0.15) is 16.4 Å². The smallest absolute Gasteiger partial charge is 0.339 e. The van der Waals surface area contributed by atoms with Crippen LogP contribution in [0, 0.1) is 6.92 Å². The number of carbonyl (C=O) groups is 2. The zero-order chi connectivity index (χ0) is 25.0. The normalized spacial score (nSPS) is 13.1. The van der Waals surface area contributed by atoms with Gasteiger partial charge in [-0.25, -0.2) is 0 Å². The molecule has 0 N–H and O–H groups in total. The second-order valence-corrected chi connectivity index (χ2v) is 10.2. The minimum atomic E-state index is -4.07. The predicted molar refractivity (Wildman–Crippen MR) is 130 cm³/mol. The zero-order valence-corrected chi connectivity index (χ0v) is 20.9. The highest BCUT2D eigenvalue weighted by atomic mass is 35.7. The lowest BCUT2D eigenvalue weighted by Gasteiger charge is -2.14. The highest BCUT2D eigenvalue weighted by Crippen LogP contribution is 2.29. The summed E-state index contributed by atoms with van der Waals surface area (Å²) in [7, 11) is 2.56. The van der Waals surface area contributed by atoms with E-state index >= 15 is 0 Å². The highest BCUT2D eigenvalue weighted by Gasteiger charge is 2.36. The summed E-state index contributed by atoms with van der Waals surface area (Å²) >= 11 is 0. The highest BCUT2D eigenvalue weighted by molar-refractivity contribution is 8.21. The van der Waals surface area contributed by atoms with E-state index < -0.39 is 21.9 Å². The molecule has 2 amide bonds. The van der Waals surface area contributed by atoms with Gasteiger partial charge in [0.15, 0.2) is 0 Å². The average molecular weight is 534 g/mol. The van der Waals surface area contributed by atoms with Crippen molar-refractivity contribution in [2.45, 2.75) is 23.1 Å². The molecule has 1 aliphatic rings. The fraction of sp³-hybridized carbons (Fsp3) is 0.167. The van der Waals surface area contributed by atoms with Crippen LogP contribution in [0.3, 0.4) is 0 Å². The number of amides is 2. The Morgan fingerprint density at radius 1 is 0.886 bits per heavy atom. The van der Waals surface area contributed by atoms with E-state index in [9.17, 15) is 18.0 Å². The Morgan fingerprint density at radius 3 is 2.26 bits per heavy atom. The van der Waals surface area contributed by atoms with Crippen LogP contribution in [0.1, 0.15) is 32.7 Å². The van der Waals surface area contributed by atoms with Crippen molar-refractivity contribution < 1.29 is 31.8 Å². The molecular formula is C24H20ClNO7S2. The molecule has 182 valence electrons. The molecule has 0 spiro atoms. The Bertz CT molecular complexity index is 1340. The third-order valence-electron chi connectivity index (χ3n) is 4.95. The van der Waals surface area contributed by atoms with Crippen molar-refractivity contribution in [1.29, 1.82) is 0 Å². The van der Waals surface area contributed by atoms with Crippen LogP contribution in [0.5, 0.6) is 11.5 Å². The maximum absolute atomic E-state index is 12.7. The summed E-state index contributed by atoms with van der Waals surface area (Å²) < 4.78 is 36.3. The minimum Gasteiger partial charge on any atom is -0.493 e. The second kappa shape index (κ2) is 10.7. The van der Waals surface area contributed by atoms with Gasteiger partial charge in [-0.2, -0.15) is 8.42 Å². The van der Waals surface area contributed by atoms with E-state index in [-0.39, 0.29) is 23.9 Å². The molecule has 0 saturated carbocycles. The Hall–Kier alpha value is -3.05. The van der Waals surface area contributed by atoms with E-state index in [0.29, 0.717) is 28.2 Å². The number of hydroxylamine groups is 2. The van der Waals surface area contributed by atoms with Crippen molar-refractivity contribution in [2.24, 2.45) is 0 Å². The first-order valence-electron chi connectivity index (χ1n) is 10.5. The lowest BCUT2D eigenvalue weighted by molar-refractivity contribution is -0.0935. The van der Waals surface area contributed by atoms with Crippen LogP contribution < -0.4 is 8.92 Å². The molecule has 1 aliphatic heterocycles. The van der Waals surface area contributed by atoms with E-state index in [4.69, 9.17) is 24.4 Å². The van der Waals surface area contributed by atoms with Gasteiger partial charge in [0.2, 0.25) is 0 Å². The fourth-order valence-corrected chi connectivity index (χ4v) is 5.01. The van der Waals surface area contributed by atoms with E-state index in [1.807, 2.05) is 0 Å². The first-order valence-corrected chi connectivity index (χ1v) is 13.5. The van der Waals surface area contributed by atoms with Gasteiger partial charge in [0.05, 0.1) is 24.3 Å². The SMILES string of the molecule is Cc1cc(OCCCON2C(=O)c3ccccc3C2=O)cc(OS(=O)(=O)c2cccc(SCl)c2)c1. The molecule has 0 unspecified atom stereocenters. The summed E-state index contributed by atoms with van der Waals surface area (Å²) in [6.07, 6.45) is 0.374. The Kier molecular flexibility index (Phi) is 7.66. The minimum absolute atomic E-state index is 0.0163. The first kappa shape index (κ1) is 25.1. The molecule has 35 heavy (non-hydrogen) atoms. The molecule has 0 saturated heterocycles. The van der Waals surface area contributed by atoms with Crippen LogP contribution >= 0.6 is 21.7 Å². The van der Waals surface area contributed by atoms with Crippen LogP contribution in [-0.2, 0) is 15.0 Å². The van der Waals surface area contributed by atoms with Gasteiger partial charge in [0.25, 0.3) is 11.8 Å². The number of aryl methyl sites for hydroxylation is 1. The largest absolute Gasteiger partial charge is 0.493 e. The van der Waals surface area contributed by atoms with Crippen LogP contribution in [0.25, 0.3) is 0 Å². The zero-order valence-electron chi connectivity index (χ0n) is 18.5. The maximum atomic E-state index is 12.7. The number of halogens is 1. The average Bonchev–Trinajstić information content (AvgIpc) is 3.08. The number of rotatable bonds is 10. The molecule has 3 aromatic rings. The summed E-state index contributed by atoms with van der Waals surface area (Å²) in [5, 5.41) is 0.756. The van der Waals surface area contributed by atoms with Crippen molar-refractivity contribution in [1.82, 2.24) is 5.06 Å². The molecule has 0 fully saturated rings. The van der Waals surface area contributed by atoms with Crippen molar-refractivity contribution in [3.8, 4) is 11.5 Å². The summed E-state index contributed by atoms with van der Waals surface area (Å²) in [4.78, 5) is 30.5. The van der Waals surface area contributed by atoms with Gasteiger partial charge in [0, 0.05) is 17.4 Å². The fourth-order valence-electron chi connectivity index (χ4n) is 3.39. The molecule has 0 atom stereocenters. The number of hydrogen-bond acceptors (Lipinski definition) is 8. The molecule has 0 radical (unpaired) electrons. The lowest BCUT2D eigenvalue weighted by atomic mass is 10.1. The van der Waals surface area contributed by atoms with Gasteiger partial charge < -0.3 is 8.92 Å². The molecule has 0 bridgehead atoms. The third-order valence-corrected chi connectivity index (χ3v) is 7.16. The summed E-state index contributed by atoms with van der Waals surface area (Å²) in [5.41, 5.74) is 1.35. The lowest BCUT2D eigenvalue weighted by Crippen LogP contribution is -2.30. The topological polar surface area (TPSA) is 99.2 Å². The molecule has 8 nitrogen and oxygen atoms in total. The van der Waals surface area contributed by atoms with Gasteiger partial charge in [-0.3, -0.25) is 14.4 Å². The van der Waals surface area contributed by atoms with Gasteiger partial charge >= 0.3 is 10.1 Å². The van der Waals surface area contributed by atoms with Crippen molar-refractivity contribution >= 4 is 43.6 Å². The Morgan fingerprint density at radius 2 is 1.57 bits per heavy atom. The molecule has 3 aromatic carbocycles. The number of fused-ring (bicyclic) bond motifs is 1. The van der Waals surface area contributed by atoms with Gasteiger partial charge in [-0.05, 0) is 76.6 Å². The Labute approximate surface area is 211 Å². The number of carbonyl (C=O) groups excluding carboxylic acids is 2. The quantitative estimate of drug-likeness (QED) is 0.204. The summed E-state index contributed by atoms with van der Waals surface area (Å²) in [6, 6.07) is 17.4. The maximum Gasteiger partial charge on any atom is 0.339 e. The molecule has 4 rings (SSSR count). The second-order valence-electron chi connectivity index (χ2n) is 7.56. The molecule has 1 heterocycles. The van der Waals surface area contributed by atoms with E-state index in [1.165, 1.54) is 18.2 Å². The van der Waals surface area contributed by atoms with Crippen LogP contribution in [0.15, 0.2) is 76.5 Å². The van der Waals surface area contributed by atoms with Crippen LogP contribution in [0.2, 0.25) is 0 Å². The summed E-state index contributed by atoms with van der Waals surface area (Å²) in [5.74, 6) is -0.487. The van der Waals surface area contributed by atoms with Crippen LogP contribution in [0.4, 0.5) is 0 Å². The summed E-state index contributed by atoms with van der Waals surface area (Å²) in [6.45, 7) is 2.06. The van der Waals surface area contributed by atoms with E-state index in [1.54, 1.807) is 55.5 Å². The molecule has 11 heteroatoms. The van der Waals surface area contributed by atoms with Crippen molar-refractivity contribution in [3.05, 3.63) is 83.4 Å². The third kappa shape index (κ3) is 5.79. The van der Waals surface area contributed by atoms with Crippen LogP contribution in [-0.4, -0.2) is 38.5 Å². The van der Waals surface area contributed by atoms with Gasteiger partial charge in [-0.1, -0.05) is 18.2 Å². The number of ether oxygens (including phenoxy) is 1. The monoisotopic (exact) mass is 533 g/mol. The van der Waals surface area contributed by atoms with E-state index in [2.05, 4.69) is 0 Å². The van der Waals surface area contributed by atoms with E-state index in [0.717, 1.165) is 21.6 Å². The number of imide groups is 1. The first-order chi connectivity index (χ1) is 16.8. The number of nitrogens with zero attached hydrogens (tertiary/aromatic N) is 1. The van der Waals surface area contributed by atoms with Crippen molar-refractivity contribution in [2.75, 3.05) is 13.2 Å². The number of benzene rings is 3. The predicted octanol–water partition coefficient (Wildman–Crippen LogP) is 5.01. The standard InChI is InChI=1S/C24H20ClNO7S2/c1-16-12-17(14-18(13-16)33-35(29,30)20-7-4-6-19(15-20)34-25)31-10-5-11-32-26-23(27)21-8-2-3-9-22(21)24(26)28/h2-4,6-9,12-15H,5,10-11H2,1H3.